The molecule has 0 spiro atoms. The zero-order chi connectivity index (χ0) is 13.7. The number of nitrogens with two attached hydrogens (primary N) is 1. The van der Waals surface area contributed by atoms with Crippen LogP contribution in [0, 0.1) is 6.92 Å². The fourth-order valence-electron chi connectivity index (χ4n) is 2.82. The van der Waals surface area contributed by atoms with Crippen molar-refractivity contribution in [3.05, 3.63) is 35.4 Å². The molecule has 1 fully saturated rings. The lowest BCUT2D eigenvalue weighted by atomic mass is 9.93. The van der Waals surface area contributed by atoms with E-state index in [2.05, 4.69) is 31.2 Å². The predicted molar refractivity (Wildman–Crippen MR) is 77.7 cm³/mol. The average molecular weight is 260 g/mol. The molecule has 1 amide bonds. The molecule has 1 aromatic rings. The summed E-state index contributed by atoms with van der Waals surface area (Å²) < 4.78 is 0. The Balaban J connectivity index is 2.08. The van der Waals surface area contributed by atoms with Crippen molar-refractivity contribution in [2.75, 3.05) is 6.54 Å². The van der Waals surface area contributed by atoms with Gasteiger partial charge in [0.2, 0.25) is 5.91 Å². The standard InChI is InChI=1S/C16H24N2O/c1-13-7-9-14(10-8-13)12-18(16(19)11-17)15-5-3-2-4-6-15/h7-10,15H,2-6,11-12,17H2,1H3. The van der Waals surface area contributed by atoms with Gasteiger partial charge in [-0.25, -0.2) is 0 Å². The molecule has 2 N–H and O–H groups in total. The molecule has 104 valence electrons. The van der Waals surface area contributed by atoms with Crippen LogP contribution in [0.5, 0.6) is 0 Å². The first-order chi connectivity index (χ1) is 9.20. The zero-order valence-electron chi connectivity index (χ0n) is 11.8. The third-order valence-corrected chi connectivity index (χ3v) is 3.98. The van der Waals surface area contributed by atoms with Crippen molar-refractivity contribution in [1.82, 2.24) is 4.90 Å². The Kier molecular flexibility index (Phi) is 4.97. The number of hydrogen-bond acceptors (Lipinski definition) is 2. The first kappa shape index (κ1) is 14.1. The highest BCUT2D eigenvalue weighted by Gasteiger charge is 2.24. The summed E-state index contributed by atoms with van der Waals surface area (Å²) in [5.74, 6) is 0.0764. The van der Waals surface area contributed by atoms with Crippen LogP contribution in [0.25, 0.3) is 0 Å². The van der Waals surface area contributed by atoms with Crippen LogP contribution in [0.4, 0.5) is 0 Å². The van der Waals surface area contributed by atoms with E-state index >= 15 is 0 Å². The van der Waals surface area contributed by atoms with Gasteiger partial charge in [-0.15, -0.1) is 0 Å². The van der Waals surface area contributed by atoms with Crippen molar-refractivity contribution in [1.29, 1.82) is 0 Å². The van der Waals surface area contributed by atoms with Crippen LogP contribution in [0.15, 0.2) is 24.3 Å². The molecular weight excluding hydrogens is 236 g/mol. The van der Waals surface area contributed by atoms with Crippen molar-refractivity contribution in [2.45, 2.75) is 51.6 Å². The summed E-state index contributed by atoms with van der Waals surface area (Å²) in [5.41, 5.74) is 8.01. The summed E-state index contributed by atoms with van der Waals surface area (Å²) in [6.07, 6.45) is 6.00. The third-order valence-electron chi connectivity index (χ3n) is 3.98. The minimum Gasteiger partial charge on any atom is -0.334 e. The molecule has 1 aromatic carbocycles. The Labute approximate surface area is 115 Å². The number of nitrogens with zero attached hydrogens (tertiary/aromatic N) is 1. The van der Waals surface area contributed by atoms with E-state index < -0.39 is 0 Å². The second kappa shape index (κ2) is 6.71. The van der Waals surface area contributed by atoms with Gasteiger partial charge in [-0.2, -0.15) is 0 Å². The summed E-state index contributed by atoms with van der Waals surface area (Å²) in [6.45, 7) is 2.89. The molecule has 3 nitrogen and oxygen atoms in total. The molecule has 0 bridgehead atoms. The number of aryl methyl sites for hydroxylation is 1. The molecule has 3 heteroatoms. The molecule has 0 saturated heterocycles. The smallest absolute Gasteiger partial charge is 0.236 e. The minimum absolute atomic E-state index is 0.0764. The average Bonchev–Trinajstić information content (AvgIpc) is 2.47. The van der Waals surface area contributed by atoms with Crippen molar-refractivity contribution in [3.63, 3.8) is 0 Å². The number of benzene rings is 1. The molecule has 0 aliphatic heterocycles. The van der Waals surface area contributed by atoms with E-state index in [1.54, 1.807) is 0 Å². The van der Waals surface area contributed by atoms with Gasteiger partial charge < -0.3 is 10.6 Å². The van der Waals surface area contributed by atoms with E-state index in [-0.39, 0.29) is 12.5 Å². The number of carbonyl (C=O) groups is 1. The lowest BCUT2D eigenvalue weighted by molar-refractivity contribution is -0.133. The van der Waals surface area contributed by atoms with Gasteiger partial charge >= 0.3 is 0 Å². The summed E-state index contributed by atoms with van der Waals surface area (Å²) >= 11 is 0. The lowest BCUT2D eigenvalue weighted by Gasteiger charge is -2.34. The van der Waals surface area contributed by atoms with Crippen molar-refractivity contribution in [3.8, 4) is 0 Å². The zero-order valence-corrected chi connectivity index (χ0v) is 11.8. The maximum Gasteiger partial charge on any atom is 0.236 e. The van der Waals surface area contributed by atoms with Crippen molar-refractivity contribution < 1.29 is 4.79 Å². The first-order valence-electron chi connectivity index (χ1n) is 7.26. The number of carbonyl (C=O) groups excluding carboxylic acids is 1. The fraction of sp³-hybridized carbons (Fsp3) is 0.562. The highest BCUT2D eigenvalue weighted by Crippen LogP contribution is 2.24. The predicted octanol–water partition coefficient (Wildman–Crippen LogP) is 2.62. The highest BCUT2D eigenvalue weighted by atomic mass is 16.2. The number of hydrogen-bond donors (Lipinski definition) is 1. The number of amides is 1. The minimum atomic E-state index is 0.0764. The molecule has 0 aromatic heterocycles. The van der Waals surface area contributed by atoms with Gasteiger partial charge in [0.1, 0.15) is 0 Å². The summed E-state index contributed by atoms with van der Waals surface area (Å²) in [5, 5.41) is 0. The Morgan fingerprint density at radius 1 is 1.21 bits per heavy atom. The first-order valence-corrected chi connectivity index (χ1v) is 7.26. The maximum absolute atomic E-state index is 12.1. The van der Waals surface area contributed by atoms with E-state index in [4.69, 9.17) is 5.73 Å². The summed E-state index contributed by atoms with van der Waals surface area (Å²) in [6, 6.07) is 8.79. The topological polar surface area (TPSA) is 46.3 Å². The molecule has 1 saturated carbocycles. The van der Waals surface area contributed by atoms with Crippen LogP contribution in [-0.2, 0) is 11.3 Å². The molecule has 0 heterocycles. The summed E-state index contributed by atoms with van der Waals surface area (Å²) in [4.78, 5) is 14.1. The SMILES string of the molecule is Cc1ccc(CN(C(=O)CN)C2CCCCC2)cc1. The molecule has 2 rings (SSSR count). The molecule has 0 atom stereocenters. The van der Waals surface area contributed by atoms with Crippen LogP contribution >= 0.6 is 0 Å². The Morgan fingerprint density at radius 2 is 1.84 bits per heavy atom. The Hall–Kier alpha value is -1.35. The molecule has 1 aliphatic carbocycles. The quantitative estimate of drug-likeness (QED) is 0.904. The van der Waals surface area contributed by atoms with E-state index in [1.165, 1.54) is 30.4 Å². The molecule has 0 unspecified atom stereocenters. The second-order valence-corrected chi connectivity index (χ2v) is 5.50. The maximum atomic E-state index is 12.1. The Bertz CT molecular complexity index is 407. The largest absolute Gasteiger partial charge is 0.334 e. The van der Waals surface area contributed by atoms with Gasteiger partial charge in [0, 0.05) is 12.6 Å². The van der Waals surface area contributed by atoms with Crippen molar-refractivity contribution >= 4 is 5.91 Å². The van der Waals surface area contributed by atoms with E-state index in [9.17, 15) is 4.79 Å². The lowest BCUT2D eigenvalue weighted by Crippen LogP contribution is -2.43. The second-order valence-electron chi connectivity index (χ2n) is 5.50. The molecule has 1 aliphatic rings. The van der Waals surface area contributed by atoms with Gasteiger partial charge in [0.05, 0.1) is 6.54 Å². The monoisotopic (exact) mass is 260 g/mol. The van der Waals surface area contributed by atoms with Crippen LogP contribution < -0.4 is 5.73 Å². The van der Waals surface area contributed by atoms with Gasteiger partial charge in [0.25, 0.3) is 0 Å². The van der Waals surface area contributed by atoms with Crippen LogP contribution in [-0.4, -0.2) is 23.4 Å². The van der Waals surface area contributed by atoms with Gasteiger partial charge in [0.15, 0.2) is 0 Å². The Morgan fingerprint density at radius 3 is 2.42 bits per heavy atom. The molecule has 0 radical (unpaired) electrons. The molecular formula is C16H24N2O. The van der Waals surface area contributed by atoms with Crippen LogP contribution in [0.1, 0.15) is 43.2 Å². The van der Waals surface area contributed by atoms with E-state index in [0.29, 0.717) is 12.6 Å². The van der Waals surface area contributed by atoms with Gasteiger partial charge in [-0.05, 0) is 25.3 Å². The normalized spacial score (nSPS) is 16.3. The van der Waals surface area contributed by atoms with E-state index in [0.717, 1.165) is 12.8 Å². The van der Waals surface area contributed by atoms with Crippen molar-refractivity contribution in [2.24, 2.45) is 5.73 Å². The summed E-state index contributed by atoms with van der Waals surface area (Å²) in [7, 11) is 0. The van der Waals surface area contributed by atoms with E-state index in [1.807, 2.05) is 4.90 Å². The van der Waals surface area contributed by atoms with Crippen LogP contribution in [0.3, 0.4) is 0 Å². The van der Waals surface area contributed by atoms with Gasteiger partial charge in [-0.3, -0.25) is 4.79 Å². The number of rotatable bonds is 4. The third kappa shape index (κ3) is 3.80. The van der Waals surface area contributed by atoms with Crippen LogP contribution in [0.2, 0.25) is 0 Å². The molecule has 19 heavy (non-hydrogen) atoms. The fourth-order valence-corrected chi connectivity index (χ4v) is 2.82. The van der Waals surface area contributed by atoms with Gasteiger partial charge in [-0.1, -0.05) is 49.1 Å². The highest BCUT2D eigenvalue weighted by molar-refractivity contribution is 5.78.